The fourth-order valence-corrected chi connectivity index (χ4v) is 2.19. The van der Waals surface area contributed by atoms with E-state index < -0.39 is 0 Å². The second kappa shape index (κ2) is 6.35. The van der Waals surface area contributed by atoms with Crippen LogP contribution in [0.2, 0.25) is 0 Å². The minimum absolute atomic E-state index is 0.557. The highest BCUT2D eigenvalue weighted by molar-refractivity contribution is 5.88. The highest BCUT2D eigenvalue weighted by Gasteiger charge is 2.06. The van der Waals surface area contributed by atoms with Crippen molar-refractivity contribution in [3.63, 3.8) is 0 Å². The third-order valence-corrected chi connectivity index (χ3v) is 3.28. The van der Waals surface area contributed by atoms with Gasteiger partial charge in [-0.05, 0) is 63.1 Å². The molecule has 2 aromatic rings. The molecule has 0 radical (unpaired) electrons. The summed E-state index contributed by atoms with van der Waals surface area (Å²) < 4.78 is 0. The Morgan fingerprint density at radius 2 is 1.95 bits per heavy atom. The van der Waals surface area contributed by atoms with Crippen LogP contribution in [0, 0.1) is 13.8 Å². The predicted octanol–water partition coefficient (Wildman–Crippen LogP) is 4.27. The Hall–Kier alpha value is -2.42. The summed E-state index contributed by atoms with van der Waals surface area (Å²) in [6, 6.07) is 10.2. The maximum Gasteiger partial charge on any atom is 0.0965 e. The molecule has 0 atom stereocenters. The number of benzene rings is 1. The molecule has 1 heterocycles. The summed E-state index contributed by atoms with van der Waals surface area (Å²) in [5.41, 5.74) is 12.2. The van der Waals surface area contributed by atoms with E-state index in [4.69, 9.17) is 5.73 Å². The largest absolute Gasteiger partial charge is 0.387 e. The summed E-state index contributed by atoms with van der Waals surface area (Å²) in [7, 11) is 0. The van der Waals surface area contributed by atoms with Gasteiger partial charge in [-0.1, -0.05) is 17.7 Å². The predicted molar refractivity (Wildman–Crippen MR) is 90.7 cm³/mol. The maximum absolute atomic E-state index is 5.73. The molecular weight excluding hydrogens is 258 g/mol. The molecule has 3 nitrogen and oxygen atoms in total. The van der Waals surface area contributed by atoms with Crippen molar-refractivity contribution in [2.75, 3.05) is 0 Å². The van der Waals surface area contributed by atoms with Crippen LogP contribution in [0.5, 0.6) is 0 Å². The van der Waals surface area contributed by atoms with Gasteiger partial charge in [0.2, 0.25) is 0 Å². The van der Waals surface area contributed by atoms with Crippen molar-refractivity contribution >= 4 is 23.2 Å². The van der Waals surface area contributed by atoms with Crippen LogP contribution >= 0.6 is 0 Å². The Balaban J connectivity index is 2.52. The minimum Gasteiger partial charge on any atom is -0.387 e. The molecule has 0 bridgehead atoms. The van der Waals surface area contributed by atoms with E-state index in [0.717, 1.165) is 28.1 Å². The third-order valence-electron chi connectivity index (χ3n) is 3.28. The molecule has 1 aromatic carbocycles. The summed E-state index contributed by atoms with van der Waals surface area (Å²) in [6.45, 7) is 8.01. The van der Waals surface area contributed by atoms with Crippen molar-refractivity contribution in [3.05, 3.63) is 58.9 Å². The van der Waals surface area contributed by atoms with Crippen molar-refractivity contribution < 1.29 is 0 Å². The van der Waals surface area contributed by atoms with Gasteiger partial charge in [-0.3, -0.25) is 4.98 Å². The first kappa shape index (κ1) is 15.0. The Labute approximate surface area is 126 Å². The van der Waals surface area contributed by atoms with Crippen LogP contribution in [0.1, 0.15) is 36.2 Å². The number of amidine groups is 1. The maximum atomic E-state index is 5.73. The van der Waals surface area contributed by atoms with Gasteiger partial charge in [-0.15, -0.1) is 0 Å². The molecular formula is C18H21N3. The van der Waals surface area contributed by atoms with Crippen molar-refractivity contribution in [2.45, 2.75) is 27.7 Å². The molecule has 0 fully saturated rings. The normalized spacial score (nSPS) is 12.6. The monoisotopic (exact) mass is 279 g/mol. The second-order valence-corrected chi connectivity index (χ2v) is 5.31. The van der Waals surface area contributed by atoms with E-state index in [1.54, 1.807) is 6.92 Å². The average Bonchev–Trinajstić information content (AvgIpc) is 2.43. The summed E-state index contributed by atoms with van der Waals surface area (Å²) in [5.74, 6) is 0.557. The number of aliphatic imine (C=N–C) groups is 1. The van der Waals surface area contributed by atoms with Crippen LogP contribution in [-0.2, 0) is 0 Å². The van der Waals surface area contributed by atoms with Gasteiger partial charge >= 0.3 is 0 Å². The number of allylic oxidation sites excluding steroid dienone is 1. The van der Waals surface area contributed by atoms with E-state index in [2.05, 4.69) is 49.0 Å². The number of nitrogens with zero attached hydrogens (tertiary/aromatic N) is 2. The quantitative estimate of drug-likeness (QED) is 0.674. The van der Waals surface area contributed by atoms with Crippen LogP contribution in [0.3, 0.4) is 0 Å². The zero-order valence-electron chi connectivity index (χ0n) is 13.0. The van der Waals surface area contributed by atoms with E-state index in [9.17, 15) is 0 Å². The number of aromatic nitrogens is 1. The zero-order chi connectivity index (χ0) is 15.4. The van der Waals surface area contributed by atoms with Gasteiger partial charge in [0.25, 0.3) is 0 Å². The number of nitrogens with two attached hydrogens (primary N) is 1. The Kier molecular flexibility index (Phi) is 4.53. The highest BCUT2D eigenvalue weighted by Crippen LogP contribution is 2.29. The van der Waals surface area contributed by atoms with Gasteiger partial charge in [-0.25, -0.2) is 4.99 Å². The molecule has 0 aliphatic heterocycles. The van der Waals surface area contributed by atoms with Crippen molar-refractivity contribution in [3.8, 4) is 0 Å². The lowest BCUT2D eigenvalue weighted by molar-refractivity contribution is 1.24. The second-order valence-electron chi connectivity index (χ2n) is 5.31. The molecule has 0 saturated carbocycles. The van der Waals surface area contributed by atoms with E-state index in [1.165, 1.54) is 5.56 Å². The van der Waals surface area contributed by atoms with Crippen LogP contribution < -0.4 is 5.73 Å². The number of rotatable bonds is 3. The van der Waals surface area contributed by atoms with Crippen LogP contribution in [0.15, 0.2) is 41.5 Å². The van der Waals surface area contributed by atoms with E-state index >= 15 is 0 Å². The molecule has 0 amide bonds. The van der Waals surface area contributed by atoms with Crippen molar-refractivity contribution in [1.29, 1.82) is 0 Å². The van der Waals surface area contributed by atoms with E-state index in [1.807, 2.05) is 24.4 Å². The Bertz CT molecular complexity index is 708. The summed E-state index contributed by atoms with van der Waals surface area (Å²) in [6.07, 6.45) is 3.90. The number of hydrogen-bond acceptors (Lipinski definition) is 2. The molecule has 108 valence electrons. The molecule has 0 spiro atoms. The first-order valence-corrected chi connectivity index (χ1v) is 6.99. The average molecular weight is 279 g/mol. The topological polar surface area (TPSA) is 51.3 Å². The lowest BCUT2D eigenvalue weighted by Crippen LogP contribution is -2.04. The van der Waals surface area contributed by atoms with Gasteiger partial charge in [0, 0.05) is 11.8 Å². The third kappa shape index (κ3) is 3.78. The minimum atomic E-state index is 0.557. The number of hydrogen-bond donors (Lipinski definition) is 1. The van der Waals surface area contributed by atoms with Crippen LogP contribution in [-0.4, -0.2) is 10.8 Å². The Morgan fingerprint density at radius 3 is 2.62 bits per heavy atom. The van der Waals surface area contributed by atoms with Gasteiger partial charge in [0.1, 0.15) is 0 Å². The molecule has 0 saturated heterocycles. The zero-order valence-corrected chi connectivity index (χ0v) is 13.0. The van der Waals surface area contributed by atoms with Crippen molar-refractivity contribution in [1.82, 2.24) is 4.98 Å². The molecule has 2 rings (SSSR count). The molecule has 0 unspecified atom stereocenters. The highest BCUT2D eigenvalue weighted by atomic mass is 14.8. The fraction of sp³-hybridized carbons (Fsp3) is 0.222. The van der Waals surface area contributed by atoms with E-state index in [0.29, 0.717) is 5.84 Å². The molecule has 3 heteroatoms. The molecule has 0 aliphatic rings. The van der Waals surface area contributed by atoms with E-state index in [-0.39, 0.29) is 0 Å². The molecule has 1 aromatic heterocycles. The van der Waals surface area contributed by atoms with Crippen molar-refractivity contribution in [2.24, 2.45) is 10.7 Å². The Morgan fingerprint density at radius 1 is 1.19 bits per heavy atom. The standard InChI is InChI=1S/C18H21N3/c1-12-7-8-17(21-15(4)19)16(10-12)14(3)11-18-13(2)6-5-9-20-18/h5-11H,1-4H3,(H2,19,21)/b14-11+. The molecule has 0 aliphatic carbocycles. The number of pyridine rings is 1. The van der Waals surface area contributed by atoms with Crippen LogP contribution in [0.4, 0.5) is 5.69 Å². The van der Waals surface area contributed by atoms with Gasteiger partial charge < -0.3 is 5.73 Å². The first-order valence-electron chi connectivity index (χ1n) is 6.99. The SMILES string of the molecule is CC(N)=Nc1ccc(C)cc1/C(C)=C/c1ncccc1C. The molecule has 2 N–H and O–H groups in total. The van der Waals surface area contributed by atoms with Gasteiger partial charge in [-0.2, -0.15) is 0 Å². The van der Waals surface area contributed by atoms with Gasteiger partial charge in [0.15, 0.2) is 0 Å². The summed E-state index contributed by atoms with van der Waals surface area (Å²) >= 11 is 0. The lowest BCUT2D eigenvalue weighted by Gasteiger charge is -2.09. The summed E-state index contributed by atoms with van der Waals surface area (Å²) in [5, 5.41) is 0. The fourth-order valence-electron chi connectivity index (χ4n) is 2.19. The molecule has 21 heavy (non-hydrogen) atoms. The number of aryl methyl sites for hydroxylation is 2. The first-order chi connectivity index (χ1) is 9.97. The summed E-state index contributed by atoms with van der Waals surface area (Å²) in [4.78, 5) is 8.84. The van der Waals surface area contributed by atoms with Crippen LogP contribution in [0.25, 0.3) is 11.6 Å². The smallest absolute Gasteiger partial charge is 0.0965 e. The lowest BCUT2D eigenvalue weighted by atomic mass is 10.0. The van der Waals surface area contributed by atoms with Gasteiger partial charge in [0.05, 0.1) is 17.2 Å².